The van der Waals surface area contributed by atoms with Gasteiger partial charge in [0.25, 0.3) is 5.56 Å². The number of rotatable bonds is 9. The second kappa shape index (κ2) is 10.8. The highest BCUT2D eigenvalue weighted by atomic mass is 35.5. The van der Waals surface area contributed by atoms with Gasteiger partial charge in [-0.2, -0.15) is 10.1 Å². The van der Waals surface area contributed by atoms with Crippen molar-refractivity contribution >= 4 is 43.1 Å². The predicted molar refractivity (Wildman–Crippen MR) is 152 cm³/mol. The maximum absolute atomic E-state index is 12.6. The third-order valence-corrected chi connectivity index (χ3v) is 11.8. The first kappa shape index (κ1) is 27.7. The Hall–Kier alpha value is -3.34. The smallest absolute Gasteiger partial charge is 0.250 e. The molecule has 4 rings (SSSR count). The average Bonchev–Trinajstić information content (AvgIpc) is 3.24. The normalized spacial score (nSPS) is 12.3. The molecule has 3 heterocycles. The van der Waals surface area contributed by atoms with E-state index in [0.29, 0.717) is 42.7 Å². The van der Waals surface area contributed by atoms with E-state index in [1.54, 1.807) is 27.6 Å². The van der Waals surface area contributed by atoms with E-state index in [2.05, 4.69) is 48.9 Å². The highest BCUT2D eigenvalue weighted by Crippen LogP contribution is 2.37. The molecule has 1 aromatic carbocycles. The molecule has 3 aromatic heterocycles. The number of aryl methyl sites for hydroxylation is 2. The number of hydrogen-bond donors (Lipinski definition) is 1. The fraction of sp³-hybridized carbons (Fsp3) is 0.370. The summed E-state index contributed by atoms with van der Waals surface area (Å²) in [6.07, 6.45) is 4.85. The number of carbonyl (C=O) groups is 1. The number of aldehydes is 1. The van der Waals surface area contributed by atoms with Gasteiger partial charge in [-0.05, 0) is 71.0 Å². The van der Waals surface area contributed by atoms with Crippen LogP contribution in [0.3, 0.4) is 0 Å². The maximum atomic E-state index is 12.6. The lowest BCUT2D eigenvalue weighted by atomic mass is 10.0. The Bertz CT molecular complexity index is 1540. The van der Waals surface area contributed by atoms with Crippen LogP contribution in [0.1, 0.15) is 47.8 Å². The second-order valence-corrected chi connectivity index (χ2v) is 16.1. The number of benzene rings is 1. The van der Waals surface area contributed by atoms with Crippen molar-refractivity contribution in [2.75, 3.05) is 5.73 Å². The predicted octanol–water partition coefficient (Wildman–Crippen LogP) is 4.85. The highest BCUT2D eigenvalue weighted by Gasteiger charge is 2.37. The SMILES string of the molecule is CC(C)(C)[Si](C)(C)OCc1ccc(=O)n(CCc2cc(C=O)cc(Cn3ncc4c(N)nc(Cl)nc43)c2)c1. The number of nitrogens with two attached hydrogens (primary N) is 1. The molecule has 0 saturated carbocycles. The van der Waals surface area contributed by atoms with E-state index in [4.69, 9.17) is 21.8 Å². The topological polar surface area (TPSA) is 118 Å². The summed E-state index contributed by atoms with van der Waals surface area (Å²) in [4.78, 5) is 32.4. The molecule has 0 radical (unpaired) electrons. The summed E-state index contributed by atoms with van der Waals surface area (Å²) in [5, 5.41) is 5.14. The van der Waals surface area contributed by atoms with Crippen LogP contribution >= 0.6 is 11.6 Å². The number of anilines is 1. The lowest BCUT2D eigenvalue weighted by Crippen LogP contribution is -2.40. The zero-order chi connectivity index (χ0) is 27.7. The standard InChI is InChI=1S/C27H33ClN6O3Si/c1-27(2,3)38(4,5)37-17-19-6-7-23(36)33(14-19)9-8-18-10-20(12-21(11-18)16-35)15-34-25-22(13-30-34)24(29)31-26(28)32-25/h6-7,10-14,16H,8-9,15,17H2,1-5H3,(H2,29,31,32). The molecule has 0 aliphatic rings. The molecule has 0 aliphatic heterocycles. The summed E-state index contributed by atoms with van der Waals surface area (Å²) >= 11 is 5.99. The minimum atomic E-state index is -1.91. The van der Waals surface area contributed by atoms with Gasteiger partial charge >= 0.3 is 0 Å². The molecular weight excluding hydrogens is 520 g/mol. The summed E-state index contributed by atoms with van der Waals surface area (Å²) < 4.78 is 9.69. The van der Waals surface area contributed by atoms with Crippen LogP contribution in [0.4, 0.5) is 5.82 Å². The number of carbonyl (C=O) groups excluding carboxylic acids is 1. The highest BCUT2D eigenvalue weighted by molar-refractivity contribution is 6.74. The first-order valence-corrected chi connectivity index (χ1v) is 15.7. The molecule has 0 aliphatic carbocycles. The molecular formula is C27H33ClN6O3Si. The number of pyridine rings is 1. The van der Waals surface area contributed by atoms with E-state index in [0.717, 1.165) is 23.0 Å². The van der Waals surface area contributed by atoms with Gasteiger partial charge in [0.1, 0.15) is 12.1 Å². The second-order valence-electron chi connectivity index (χ2n) is 11.0. The van der Waals surface area contributed by atoms with Crippen molar-refractivity contribution in [2.45, 2.75) is 65.0 Å². The van der Waals surface area contributed by atoms with E-state index in [-0.39, 0.29) is 21.7 Å². The lowest BCUT2D eigenvalue weighted by molar-refractivity contribution is 0.112. The molecule has 0 spiro atoms. The Balaban J connectivity index is 1.52. The Kier molecular flexibility index (Phi) is 7.87. The molecule has 0 atom stereocenters. The van der Waals surface area contributed by atoms with Gasteiger partial charge in [-0.1, -0.05) is 26.8 Å². The molecule has 0 bridgehead atoms. The first-order valence-electron chi connectivity index (χ1n) is 12.4. The van der Waals surface area contributed by atoms with Gasteiger partial charge in [-0.15, -0.1) is 0 Å². The van der Waals surface area contributed by atoms with Crippen molar-refractivity contribution in [3.05, 3.63) is 80.6 Å². The van der Waals surface area contributed by atoms with Gasteiger partial charge in [0, 0.05) is 24.4 Å². The fourth-order valence-electron chi connectivity index (χ4n) is 3.90. The van der Waals surface area contributed by atoms with Crippen molar-refractivity contribution in [1.82, 2.24) is 24.3 Å². The van der Waals surface area contributed by atoms with Gasteiger partial charge in [0.05, 0.1) is 24.7 Å². The van der Waals surface area contributed by atoms with Crippen LogP contribution in [-0.4, -0.2) is 38.9 Å². The van der Waals surface area contributed by atoms with Crippen LogP contribution in [0.2, 0.25) is 23.4 Å². The molecule has 200 valence electrons. The molecule has 2 N–H and O–H groups in total. The van der Waals surface area contributed by atoms with Gasteiger partial charge in [-0.3, -0.25) is 9.59 Å². The fourth-order valence-corrected chi connectivity index (χ4v) is 5.04. The number of aromatic nitrogens is 5. The first-order chi connectivity index (χ1) is 17.9. The van der Waals surface area contributed by atoms with Crippen molar-refractivity contribution < 1.29 is 9.22 Å². The van der Waals surface area contributed by atoms with E-state index in [1.807, 2.05) is 24.4 Å². The van der Waals surface area contributed by atoms with E-state index >= 15 is 0 Å². The van der Waals surface area contributed by atoms with E-state index in [1.165, 1.54) is 0 Å². The number of nitrogens with zero attached hydrogens (tertiary/aromatic N) is 5. The van der Waals surface area contributed by atoms with Gasteiger partial charge in [0.2, 0.25) is 5.28 Å². The van der Waals surface area contributed by atoms with Crippen molar-refractivity contribution in [3.63, 3.8) is 0 Å². The largest absolute Gasteiger partial charge is 0.413 e. The van der Waals surface area contributed by atoms with Crippen molar-refractivity contribution in [2.24, 2.45) is 0 Å². The minimum absolute atomic E-state index is 0.0430. The molecule has 0 unspecified atom stereocenters. The average molecular weight is 553 g/mol. The Morgan fingerprint density at radius 3 is 2.55 bits per heavy atom. The van der Waals surface area contributed by atoms with Crippen LogP contribution in [0, 0.1) is 0 Å². The summed E-state index contributed by atoms with van der Waals surface area (Å²) in [5.41, 5.74) is 9.69. The number of fused-ring (bicyclic) bond motifs is 1. The molecule has 38 heavy (non-hydrogen) atoms. The van der Waals surface area contributed by atoms with Gasteiger partial charge in [0.15, 0.2) is 14.0 Å². The maximum Gasteiger partial charge on any atom is 0.250 e. The zero-order valence-corrected chi connectivity index (χ0v) is 24.1. The molecule has 0 amide bonds. The quantitative estimate of drug-likeness (QED) is 0.179. The van der Waals surface area contributed by atoms with Crippen LogP contribution in [0.25, 0.3) is 11.0 Å². The minimum Gasteiger partial charge on any atom is -0.413 e. The van der Waals surface area contributed by atoms with Crippen LogP contribution in [0.15, 0.2) is 47.5 Å². The van der Waals surface area contributed by atoms with Crippen LogP contribution in [0.5, 0.6) is 0 Å². The summed E-state index contributed by atoms with van der Waals surface area (Å²) in [6.45, 7) is 12.3. The monoisotopic (exact) mass is 552 g/mol. The molecule has 0 saturated heterocycles. The zero-order valence-electron chi connectivity index (χ0n) is 22.4. The van der Waals surface area contributed by atoms with Crippen LogP contribution < -0.4 is 11.3 Å². The number of halogens is 1. The molecule has 11 heteroatoms. The number of nitrogen functional groups attached to an aromatic ring is 1. The third kappa shape index (κ3) is 6.20. The molecule has 0 fully saturated rings. The summed E-state index contributed by atoms with van der Waals surface area (Å²) in [7, 11) is -1.91. The third-order valence-electron chi connectivity index (χ3n) is 7.13. The van der Waals surface area contributed by atoms with Gasteiger partial charge in [-0.25, -0.2) is 9.67 Å². The summed E-state index contributed by atoms with van der Waals surface area (Å²) in [6, 6.07) is 9.06. The molecule has 9 nitrogen and oxygen atoms in total. The van der Waals surface area contributed by atoms with Gasteiger partial charge < -0.3 is 14.7 Å². The molecule has 4 aromatic rings. The van der Waals surface area contributed by atoms with E-state index < -0.39 is 8.32 Å². The van der Waals surface area contributed by atoms with Crippen LogP contribution in [-0.2, 0) is 30.5 Å². The Morgan fingerprint density at radius 2 is 1.84 bits per heavy atom. The Labute approximate surface area is 227 Å². The van der Waals surface area contributed by atoms with Crippen molar-refractivity contribution in [1.29, 1.82) is 0 Å². The lowest BCUT2D eigenvalue weighted by Gasteiger charge is -2.36. The number of hydrogen-bond acceptors (Lipinski definition) is 7. The van der Waals surface area contributed by atoms with E-state index in [9.17, 15) is 9.59 Å². The summed E-state index contributed by atoms with van der Waals surface area (Å²) in [5.74, 6) is 0.260. The van der Waals surface area contributed by atoms with Crippen molar-refractivity contribution in [3.8, 4) is 0 Å². The Morgan fingerprint density at radius 1 is 1.11 bits per heavy atom.